The number of hydrogen-bond acceptors (Lipinski definition) is 5. The lowest BCUT2D eigenvalue weighted by Crippen LogP contribution is -2.29. The zero-order valence-electron chi connectivity index (χ0n) is 15.8. The van der Waals surface area contributed by atoms with Crippen LogP contribution in [-0.2, 0) is 14.1 Å². The molecule has 1 N–H and O–H groups in total. The van der Waals surface area contributed by atoms with Gasteiger partial charge in [0.15, 0.2) is 4.77 Å². The van der Waals surface area contributed by atoms with E-state index in [4.69, 9.17) is 17.2 Å². The first-order chi connectivity index (χ1) is 13.9. The first-order valence-corrected chi connectivity index (χ1v) is 11.0. The molecule has 1 aliphatic heterocycles. The van der Waals surface area contributed by atoms with Crippen molar-refractivity contribution in [3.05, 3.63) is 79.3 Å². The van der Waals surface area contributed by atoms with Gasteiger partial charge in [-0.25, -0.2) is 0 Å². The van der Waals surface area contributed by atoms with Crippen molar-refractivity contribution in [3.63, 3.8) is 0 Å². The van der Waals surface area contributed by atoms with Gasteiger partial charge in [0.2, 0.25) is 5.88 Å². The van der Waals surface area contributed by atoms with Crippen LogP contribution in [0, 0.1) is 4.77 Å². The minimum atomic E-state index is -0.344. The number of benzene rings is 2. The first-order valence-electron chi connectivity index (χ1n) is 8.95. The molecule has 3 aromatic rings. The Hall–Kier alpha value is -2.16. The van der Waals surface area contributed by atoms with Crippen molar-refractivity contribution in [2.24, 2.45) is 19.1 Å². The van der Waals surface area contributed by atoms with E-state index in [1.54, 1.807) is 25.9 Å². The molecular weight excluding hydrogens is 470 g/mol. The van der Waals surface area contributed by atoms with Crippen LogP contribution in [0.15, 0.2) is 67.7 Å². The number of halogens is 1. The quantitative estimate of drug-likeness (QED) is 0.499. The van der Waals surface area contributed by atoms with Crippen LogP contribution in [0.25, 0.3) is 0 Å². The molecule has 0 radical (unpaired) electrons. The van der Waals surface area contributed by atoms with Crippen molar-refractivity contribution >= 4 is 51.3 Å². The van der Waals surface area contributed by atoms with Crippen molar-refractivity contribution in [2.45, 2.75) is 16.6 Å². The fraction of sp³-hybridized carbons (Fsp3) is 0.190. The van der Waals surface area contributed by atoms with E-state index in [2.05, 4.69) is 28.1 Å². The zero-order chi connectivity index (χ0) is 20.7. The molecule has 0 saturated carbocycles. The van der Waals surface area contributed by atoms with Crippen molar-refractivity contribution < 1.29 is 5.11 Å². The molecule has 5 nitrogen and oxygen atoms in total. The van der Waals surface area contributed by atoms with E-state index in [9.17, 15) is 9.90 Å². The molecule has 0 spiro atoms. The van der Waals surface area contributed by atoms with Gasteiger partial charge in [0, 0.05) is 35.1 Å². The summed E-state index contributed by atoms with van der Waals surface area (Å²) >= 11 is 10.4. The minimum absolute atomic E-state index is 0.0445. The predicted octanol–water partition coefficient (Wildman–Crippen LogP) is 5.28. The largest absolute Gasteiger partial charge is 0.494 e. The zero-order valence-corrected chi connectivity index (χ0v) is 19.0. The Labute approximate surface area is 185 Å². The molecule has 1 aliphatic rings. The highest BCUT2D eigenvalue weighted by Gasteiger charge is 2.27. The molecule has 1 atom stereocenters. The van der Waals surface area contributed by atoms with E-state index in [0.29, 0.717) is 12.1 Å². The maximum atomic E-state index is 13.0. The molecule has 2 heterocycles. The van der Waals surface area contributed by atoms with Gasteiger partial charge in [0.25, 0.3) is 5.56 Å². The van der Waals surface area contributed by atoms with Crippen LogP contribution in [0.2, 0.25) is 0 Å². The maximum absolute atomic E-state index is 13.0. The molecule has 1 aromatic heterocycles. The summed E-state index contributed by atoms with van der Waals surface area (Å²) in [5.41, 5.74) is 2.33. The monoisotopic (exact) mass is 487 g/mol. The van der Waals surface area contributed by atoms with E-state index in [1.807, 2.05) is 36.4 Å². The third-order valence-electron chi connectivity index (χ3n) is 4.93. The lowest BCUT2D eigenvalue weighted by molar-refractivity contribution is 0.414. The Morgan fingerprint density at radius 2 is 1.83 bits per heavy atom. The number of nitrogens with zero attached hydrogens (tertiary/aromatic N) is 3. The second-order valence-corrected chi connectivity index (χ2v) is 9.32. The van der Waals surface area contributed by atoms with Crippen molar-refractivity contribution in [3.8, 4) is 5.88 Å². The summed E-state index contributed by atoms with van der Waals surface area (Å²) in [5.74, 6) is -0.157. The summed E-state index contributed by atoms with van der Waals surface area (Å²) in [7, 11) is 3.26. The highest BCUT2D eigenvalue weighted by molar-refractivity contribution is 9.10. The molecule has 0 unspecified atom stereocenters. The smallest absolute Gasteiger partial charge is 0.267 e. The second-order valence-electron chi connectivity index (χ2n) is 6.79. The maximum Gasteiger partial charge on any atom is 0.267 e. The van der Waals surface area contributed by atoms with Crippen LogP contribution in [-0.4, -0.2) is 20.0 Å². The fourth-order valence-electron chi connectivity index (χ4n) is 3.32. The first kappa shape index (κ1) is 20.1. The Morgan fingerprint density at radius 1 is 1.14 bits per heavy atom. The van der Waals surface area contributed by atoms with Crippen LogP contribution in [0.1, 0.15) is 22.8 Å². The third kappa shape index (κ3) is 3.72. The Bertz CT molecular complexity index is 1250. The van der Waals surface area contributed by atoms with E-state index in [0.717, 1.165) is 20.6 Å². The fourth-order valence-corrected chi connectivity index (χ4v) is 4.98. The summed E-state index contributed by atoms with van der Waals surface area (Å²) in [6, 6.07) is 16.0. The van der Waals surface area contributed by atoms with Gasteiger partial charge in [-0.15, -0.1) is 11.8 Å². The topological polar surface area (TPSA) is 59.5 Å². The molecule has 29 heavy (non-hydrogen) atoms. The summed E-state index contributed by atoms with van der Waals surface area (Å²) in [6.07, 6.45) is 0.501. The molecule has 8 heteroatoms. The summed E-state index contributed by atoms with van der Waals surface area (Å²) in [6.45, 7) is 0. The molecule has 0 saturated heterocycles. The van der Waals surface area contributed by atoms with Gasteiger partial charge < -0.3 is 5.11 Å². The predicted molar refractivity (Wildman–Crippen MR) is 123 cm³/mol. The molecular formula is C21H18BrN3O2S2. The van der Waals surface area contributed by atoms with Crippen LogP contribution < -0.4 is 5.56 Å². The summed E-state index contributed by atoms with van der Waals surface area (Å²) in [5, 5.41) is 10.8. The van der Waals surface area contributed by atoms with Crippen molar-refractivity contribution in [1.29, 1.82) is 0 Å². The van der Waals surface area contributed by atoms with Gasteiger partial charge in [-0.1, -0.05) is 40.2 Å². The Balaban J connectivity index is 1.93. The van der Waals surface area contributed by atoms with Gasteiger partial charge >= 0.3 is 0 Å². The van der Waals surface area contributed by atoms with Gasteiger partial charge in [0.05, 0.1) is 11.4 Å². The molecule has 4 rings (SSSR count). The van der Waals surface area contributed by atoms with Crippen LogP contribution >= 0.6 is 39.9 Å². The number of aromatic hydroxyl groups is 1. The van der Waals surface area contributed by atoms with Crippen LogP contribution in [0.5, 0.6) is 5.88 Å². The van der Waals surface area contributed by atoms with Gasteiger partial charge in [-0.05, 0) is 42.0 Å². The highest BCUT2D eigenvalue weighted by Crippen LogP contribution is 2.45. The third-order valence-corrected chi connectivity index (χ3v) is 7.33. The molecule has 0 aliphatic carbocycles. The second kappa shape index (κ2) is 7.93. The minimum Gasteiger partial charge on any atom is -0.494 e. The molecule has 2 aromatic carbocycles. The van der Waals surface area contributed by atoms with E-state index < -0.39 is 0 Å². The molecule has 148 valence electrons. The Kier molecular flexibility index (Phi) is 5.50. The van der Waals surface area contributed by atoms with Gasteiger partial charge in [0.1, 0.15) is 5.56 Å². The van der Waals surface area contributed by atoms with Crippen molar-refractivity contribution in [1.82, 2.24) is 9.13 Å². The number of fused-ring (bicyclic) bond motifs is 1. The number of aromatic nitrogens is 2. The van der Waals surface area contributed by atoms with Crippen LogP contribution in [0.3, 0.4) is 0 Å². The lowest BCUT2D eigenvalue weighted by atomic mass is 10.0. The average Bonchev–Trinajstić information content (AvgIpc) is 2.91. The normalized spacial score (nSPS) is 16.1. The molecule has 0 fully saturated rings. The number of hydrogen-bond donors (Lipinski definition) is 1. The molecule has 0 bridgehead atoms. The van der Waals surface area contributed by atoms with Gasteiger partial charge in [-0.2, -0.15) is 0 Å². The standard InChI is InChI=1S/C21H18BrN3O2S2/c1-24-19(26)18(20(27)25(2)21(24)28)15-11-17(12-7-9-13(22)10-8-12)29-16-6-4-3-5-14(16)23-15/h3-10,17,26H,11H2,1-2H3/t17-/m0/s1. The number of para-hydroxylation sites is 1. The SMILES string of the molecule is Cn1c(O)c(C2=Nc3ccccc3S[C@H](c3ccc(Br)cc3)C2)c(=O)n(C)c1=S. The highest BCUT2D eigenvalue weighted by atomic mass is 79.9. The van der Waals surface area contributed by atoms with Crippen molar-refractivity contribution in [2.75, 3.05) is 0 Å². The number of aliphatic imine (C=N–C) groups is 1. The van der Waals surface area contributed by atoms with Crippen LogP contribution in [0.4, 0.5) is 5.69 Å². The summed E-state index contributed by atoms with van der Waals surface area (Å²) in [4.78, 5) is 18.8. The van der Waals surface area contributed by atoms with Gasteiger partial charge in [-0.3, -0.25) is 18.9 Å². The van der Waals surface area contributed by atoms with E-state index in [-0.39, 0.29) is 27.0 Å². The average molecular weight is 488 g/mol. The number of thioether (sulfide) groups is 1. The van der Waals surface area contributed by atoms with E-state index in [1.165, 1.54) is 9.13 Å². The number of rotatable bonds is 2. The Morgan fingerprint density at radius 3 is 2.55 bits per heavy atom. The summed E-state index contributed by atoms with van der Waals surface area (Å²) < 4.78 is 4.07. The molecule has 0 amide bonds. The van der Waals surface area contributed by atoms with E-state index >= 15 is 0 Å². The lowest BCUT2D eigenvalue weighted by Gasteiger charge is -2.17.